The van der Waals surface area contributed by atoms with E-state index in [1.54, 1.807) is 11.0 Å². The number of ether oxygens (including phenoxy) is 6. The Hall–Kier alpha value is -2.95. The van der Waals surface area contributed by atoms with Crippen molar-refractivity contribution in [3.8, 4) is 11.5 Å². The van der Waals surface area contributed by atoms with Crippen LogP contribution in [0, 0.1) is 17.8 Å². The van der Waals surface area contributed by atoms with Crippen LogP contribution in [0.4, 0.5) is 4.79 Å². The summed E-state index contributed by atoms with van der Waals surface area (Å²) in [6.07, 6.45) is 10.3. The first-order valence-electron chi connectivity index (χ1n) is 21.4. The maximum Gasteiger partial charge on any atom is 0.410 e. The van der Waals surface area contributed by atoms with Crippen LogP contribution in [0.5, 0.6) is 11.5 Å². The van der Waals surface area contributed by atoms with Gasteiger partial charge in [0.15, 0.2) is 0 Å². The Morgan fingerprint density at radius 2 is 1.88 bits per heavy atom. The lowest BCUT2D eigenvalue weighted by atomic mass is 9.55. The molecule has 58 heavy (non-hydrogen) atoms. The summed E-state index contributed by atoms with van der Waals surface area (Å²) < 4.78 is 38.0. The molecule has 324 valence electrons. The lowest BCUT2D eigenvalue weighted by Gasteiger charge is -2.59. The van der Waals surface area contributed by atoms with Crippen LogP contribution in [-0.4, -0.2) is 147 Å². The number of hydrogen-bond donors (Lipinski definition) is 3. The van der Waals surface area contributed by atoms with Gasteiger partial charge in [-0.1, -0.05) is 30.1 Å². The van der Waals surface area contributed by atoms with Crippen LogP contribution in [0.3, 0.4) is 0 Å². The highest BCUT2D eigenvalue weighted by molar-refractivity contribution is 6.18. The largest absolute Gasteiger partial charge is 0.492 e. The number of alkyl halides is 1. The normalized spacial score (nSPS) is 28.1. The van der Waals surface area contributed by atoms with Gasteiger partial charge in [0.25, 0.3) is 0 Å². The zero-order valence-corrected chi connectivity index (χ0v) is 34.6. The van der Waals surface area contributed by atoms with Crippen molar-refractivity contribution in [1.29, 1.82) is 0 Å². The van der Waals surface area contributed by atoms with Gasteiger partial charge in [0.1, 0.15) is 30.8 Å². The zero-order valence-electron chi connectivity index (χ0n) is 33.9. The van der Waals surface area contributed by atoms with E-state index in [0.29, 0.717) is 43.9 Å². The number of hydrogen-bond acceptors (Lipinski definition) is 13. The zero-order chi connectivity index (χ0) is 40.7. The van der Waals surface area contributed by atoms with Crippen molar-refractivity contribution in [2.75, 3.05) is 91.5 Å². The number of allylic oxidation sites excluding steroid dienone is 1. The average Bonchev–Trinajstić information content (AvgIpc) is 4.08. The fourth-order valence-electron chi connectivity index (χ4n) is 9.15. The van der Waals surface area contributed by atoms with Crippen LogP contribution in [0.1, 0.15) is 75.7 Å². The number of nitrogens with zero attached hydrogens (tertiary/aromatic N) is 3. The highest BCUT2D eigenvalue weighted by Crippen LogP contribution is 2.62. The summed E-state index contributed by atoms with van der Waals surface area (Å²) in [5.74, 6) is -0.506. The number of oxime groups is 1. The maximum atomic E-state index is 14.2. The molecular weight excluding hydrogens is 770 g/mol. The molecule has 6 rings (SSSR count). The molecule has 7 unspecified atom stereocenters. The predicted octanol–water partition coefficient (Wildman–Crippen LogP) is 5.23. The van der Waals surface area contributed by atoms with Crippen LogP contribution in [-0.2, 0) is 23.8 Å². The van der Waals surface area contributed by atoms with E-state index in [4.69, 9.17) is 50.0 Å². The molecule has 3 N–H and O–H groups in total. The third kappa shape index (κ3) is 11.0. The first-order valence-corrected chi connectivity index (χ1v) is 21.9. The van der Waals surface area contributed by atoms with Gasteiger partial charge in [0.05, 0.1) is 50.5 Å². The molecule has 1 aromatic carbocycles. The molecule has 3 aliphatic heterocycles. The number of aliphatic hydroxyl groups is 3. The van der Waals surface area contributed by atoms with Crippen molar-refractivity contribution in [1.82, 2.24) is 9.80 Å². The number of aliphatic hydroxyl groups excluding tert-OH is 3. The monoisotopic (exact) mass is 833 g/mol. The summed E-state index contributed by atoms with van der Waals surface area (Å²) >= 11 is 6.03. The van der Waals surface area contributed by atoms with E-state index in [1.165, 1.54) is 0 Å². The molecule has 0 aromatic heterocycles. The van der Waals surface area contributed by atoms with Crippen molar-refractivity contribution in [2.24, 2.45) is 22.9 Å². The molecule has 3 heterocycles. The fraction of sp³-hybridized carbons (Fsp3) is 0.721. The Morgan fingerprint density at radius 1 is 1.05 bits per heavy atom. The van der Waals surface area contributed by atoms with Gasteiger partial charge in [-0.3, -0.25) is 9.80 Å². The van der Waals surface area contributed by atoms with Gasteiger partial charge in [0, 0.05) is 63.7 Å². The molecule has 1 amide bonds. The second kappa shape index (κ2) is 22.6. The Morgan fingerprint density at radius 3 is 2.60 bits per heavy atom. The molecule has 15 heteroatoms. The second-order valence-electron chi connectivity index (χ2n) is 15.7. The molecule has 0 bridgehead atoms. The molecule has 1 aromatic rings. The van der Waals surface area contributed by atoms with Crippen LogP contribution in [0.25, 0.3) is 0 Å². The minimum absolute atomic E-state index is 0.00537. The Kier molecular flexibility index (Phi) is 17.4. The van der Waals surface area contributed by atoms with Gasteiger partial charge in [-0.2, -0.15) is 0 Å². The second-order valence-corrected chi connectivity index (χ2v) is 16.1. The molecule has 1 saturated carbocycles. The van der Waals surface area contributed by atoms with Gasteiger partial charge in [-0.05, 0) is 74.1 Å². The minimum atomic E-state index is -1.46. The van der Waals surface area contributed by atoms with Crippen molar-refractivity contribution in [3.63, 3.8) is 0 Å². The SMILES string of the molecule is C=CCOC12Oc3ccc(OCCN4CC4)cc3C3C(CCCCO)C(CCCCO)C=C(C(=NOC4CCCCO4)CC1N(CCOCCO)C(=O)OCCCl)C32. The Labute approximate surface area is 348 Å². The molecule has 3 fully saturated rings. The van der Waals surface area contributed by atoms with Gasteiger partial charge in [-0.25, -0.2) is 4.79 Å². The van der Waals surface area contributed by atoms with Crippen molar-refractivity contribution < 1.29 is 53.4 Å². The van der Waals surface area contributed by atoms with E-state index >= 15 is 0 Å². The number of halogens is 1. The van der Waals surface area contributed by atoms with Crippen molar-refractivity contribution >= 4 is 23.4 Å². The average molecular weight is 834 g/mol. The lowest BCUT2D eigenvalue weighted by molar-refractivity contribution is -0.256. The number of benzene rings is 1. The number of rotatable bonds is 25. The molecule has 5 aliphatic rings. The van der Waals surface area contributed by atoms with Crippen LogP contribution < -0.4 is 9.47 Å². The quantitative estimate of drug-likeness (QED) is 0.0388. The lowest BCUT2D eigenvalue weighted by Crippen LogP contribution is -2.70. The minimum Gasteiger partial charge on any atom is -0.492 e. The summed E-state index contributed by atoms with van der Waals surface area (Å²) in [6.45, 7) is 8.67. The molecule has 2 aliphatic carbocycles. The number of unbranched alkanes of at least 4 members (excludes halogenated alkanes) is 2. The molecule has 14 nitrogen and oxygen atoms in total. The summed E-state index contributed by atoms with van der Waals surface area (Å²) in [5.41, 5.74) is 2.58. The Balaban J connectivity index is 1.53. The predicted molar refractivity (Wildman–Crippen MR) is 218 cm³/mol. The number of amides is 1. The van der Waals surface area contributed by atoms with Crippen LogP contribution >= 0.6 is 11.6 Å². The Bertz CT molecular complexity index is 1520. The number of carbonyl (C=O) groups is 1. The van der Waals surface area contributed by atoms with Gasteiger partial charge >= 0.3 is 6.09 Å². The summed E-state index contributed by atoms with van der Waals surface area (Å²) in [4.78, 5) is 24.4. The number of fused-ring (bicyclic) bond motifs is 2. The molecule has 0 spiro atoms. The van der Waals surface area contributed by atoms with E-state index in [9.17, 15) is 20.1 Å². The first-order chi connectivity index (χ1) is 28.5. The van der Waals surface area contributed by atoms with Gasteiger partial charge in [0.2, 0.25) is 12.1 Å². The highest BCUT2D eigenvalue weighted by atomic mass is 35.5. The molecule has 7 atom stereocenters. The highest BCUT2D eigenvalue weighted by Gasteiger charge is 2.65. The molecular formula is C43H64ClN3O11. The van der Waals surface area contributed by atoms with Crippen molar-refractivity contribution in [3.05, 3.63) is 48.1 Å². The van der Waals surface area contributed by atoms with E-state index in [2.05, 4.69) is 23.6 Å². The first kappa shape index (κ1) is 44.6. The summed E-state index contributed by atoms with van der Waals surface area (Å²) in [5, 5.41) is 34.2. The van der Waals surface area contributed by atoms with E-state index in [1.807, 2.05) is 12.1 Å². The van der Waals surface area contributed by atoms with E-state index in [-0.39, 0.29) is 82.8 Å². The third-order valence-corrected chi connectivity index (χ3v) is 12.1. The van der Waals surface area contributed by atoms with Crippen molar-refractivity contribution in [2.45, 2.75) is 88.2 Å². The third-order valence-electron chi connectivity index (χ3n) is 11.9. The van der Waals surface area contributed by atoms with Crippen LogP contribution in [0.15, 0.2) is 47.7 Å². The summed E-state index contributed by atoms with van der Waals surface area (Å²) in [7, 11) is 0. The topological polar surface area (TPSA) is 161 Å². The fourth-order valence-corrected chi connectivity index (χ4v) is 9.23. The number of carbonyl (C=O) groups excluding carboxylic acids is 1. The smallest absolute Gasteiger partial charge is 0.410 e. The molecule has 0 radical (unpaired) electrons. The van der Waals surface area contributed by atoms with Crippen LogP contribution in [0.2, 0.25) is 0 Å². The maximum absolute atomic E-state index is 14.2. The van der Waals surface area contributed by atoms with Gasteiger partial charge < -0.3 is 48.6 Å². The van der Waals surface area contributed by atoms with E-state index in [0.717, 1.165) is 75.0 Å². The van der Waals surface area contributed by atoms with E-state index < -0.39 is 30.1 Å². The van der Waals surface area contributed by atoms with Gasteiger partial charge in [-0.15, -0.1) is 18.2 Å². The molecule has 2 saturated heterocycles. The standard InChI is InChI=1S/C43H64ClN3O11/c1-2-22-56-43-38(47(18-25-52-27-21-50)42(51)55-24-14-44)30-36(45-58-39-11-5-8-23-54-39)34-28-31(9-3-6-19-48)33(10-4-7-20-49)40(41(34)43)35-29-32(12-13-37(35)57-43)53-26-17-46-15-16-46/h2,12-13,28-29,31,33,38-41,48-50H,1,3-11,14-27,30H2. The summed E-state index contributed by atoms with van der Waals surface area (Å²) in [6, 6.07) is 5.19.